The van der Waals surface area contributed by atoms with Gasteiger partial charge in [-0.1, -0.05) is 0 Å². The first-order chi connectivity index (χ1) is 7.36. The van der Waals surface area contributed by atoms with E-state index in [0.717, 1.165) is 5.76 Å². The maximum absolute atomic E-state index is 5.13. The van der Waals surface area contributed by atoms with Crippen LogP contribution in [0, 0.1) is 0 Å². The molecule has 0 aromatic carbocycles. The first-order valence-electron chi connectivity index (χ1n) is 4.87. The zero-order chi connectivity index (χ0) is 10.5. The molecule has 0 saturated heterocycles. The second-order valence-corrected chi connectivity index (χ2v) is 3.35. The number of oxazole rings is 1. The molecule has 0 aliphatic rings. The second-order valence-electron chi connectivity index (χ2n) is 3.35. The summed E-state index contributed by atoms with van der Waals surface area (Å²) in [5.74, 6) is 0.843. The molecule has 0 amide bonds. The van der Waals surface area contributed by atoms with Gasteiger partial charge in [-0.3, -0.25) is 4.98 Å². The van der Waals surface area contributed by atoms with E-state index in [9.17, 15) is 0 Å². The molecule has 2 heterocycles. The van der Waals surface area contributed by atoms with Crippen molar-refractivity contribution in [3.05, 3.63) is 48.4 Å². The molecule has 0 spiro atoms. The third-order valence-electron chi connectivity index (χ3n) is 2.27. The molecule has 0 fully saturated rings. The third-order valence-corrected chi connectivity index (χ3v) is 2.27. The Hall–Kier alpha value is -1.68. The van der Waals surface area contributed by atoms with Crippen LogP contribution in [0.25, 0.3) is 0 Å². The van der Waals surface area contributed by atoms with Gasteiger partial charge >= 0.3 is 0 Å². The molecule has 1 atom stereocenters. The first-order valence-corrected chi connectivity index (χ1v) is 4.87. The van der Waals surface area contributed by atoms with E-state index >= 15 is 0 Å². The standard InChI is InChI=1S/C11H13N3O/c1-9(10-2-4-12-5-3-10)14-7-11-6-13-8-15-11/h2-6,8-9,14H,7H2,1H3/t9-/m1/s1. The summed E-state index contributed by atoms with van der Waals surface area (Å²) in [6.45, 7) is 2.79. The zero-order valence-electron chi connectivity index (χ0n) is 8.55. The quantitative estimate of drug-likeness (QED) is 0.824. The van der Waals surface area contributed by atoms with Gasteiger partial charge in [0.1, 0.15) is 5.76 Å². The number of hydrogen-bond donors (Lipinski definition) is 1. The van der Waals surface area contributed by atoms with E-state index in [2.05, 4.69) is 22.2 Å². The molecule has 0 aliphatic heterocycles. The fraction of sp³-hybridized carbons (Fsp3) is 0.273. The Balaban J connectivity index is 1.90. The molecule has 0 radical (unpaired) electrons. The molecule has 2 rings (SSSR count). The van der Waals surface area contributed by atoms with Gasteiger partial charge in [0.2, 0.25) is 0 Å². The van der Waals surface area contributed by atoms with Crippen LogP contribution in [0.2, 0.25) is 0 Å². The van der Waals surface area contributed by atoms with E-state index in [1.54, 1.807) is 18.6 Å². The molecule has 1 N–H and O–H groups in total. The lowest BCUT2D eigenvalue weighted by atomic mass is 10.1. The topological polar surface area (TPSA) is 51.0 Å². The molecule has 4 heteroatoms. The lowest BCUT2D eigenvalue weighted by molar-refractivity contribution is 0.458. The van der Waals surface area contributed by atoms with Gasteiger partial charge in [0, 0.05) is 18.4 Å². The van der Waals surface area contributed by atoms with Crippen molar-refractivity contribution < 1.29 is 4.42 Å². The van der Waals surface area contributed by atoms with Crippen molar-refractivity contribution in [2.45, 2.75) is 19.5 Å². The smallest absolute Gasteiger partial charge is 0.180 e. The van der Waals surface area contributed by atoms with Crippen LogP contribution >= 0.6 is 0 Å². The van der Waals surface area contributed by atoms with Crippen molar-refractivity contribution in [1.29, 1.82) is 0 Å². The van der Waals surface area contributed by atoms with Gasteiger partial charge in [0.05, 0.1) is 12.7 Å². The lowest BCUT2D eigenvalue weighted by Crippen LogP contribution is -2.17. The summed E-state index contributed by atoms with van der Waals surface area (Å²) in [4.78, 5) is 7.84. The minimum Gasteiger partial charge on any atom is -0.447 e. The van der Waals surface area contributed by atoms with Crippen molar-refractivity contribution >= 4 is 0 Å². The van der Waals surface area contributed by atoms with E-state index in [1.165, 1.54) is 12.0 Å². The van der Waals surface area contributed by atoms with Crippen LogP contribution in [0.5, 0.6) is 0 Å². The highest BCUT2D eigenvalue weighted by atomic mass is 16.3. The van der Waals surface area contributed by atoms with E-state index in [0.29, 0.717) is 6.54 Å². The van der Waals surface area contributed by atoms with Crippen molar-refractivity contribution in [2.24, 2.45) is 0 Å². The van der Waals surface area contributed by atoms with Crippen LogP contribution in [0.3, 0.4) is 0 Å². The fourth-order valence-corrected chi connectivity index (χ4v) is 1.35. The molecule has 0 bridgehead atoms. The van der Waals surface area contributed by atoms with Crippen molar-refractivity contribution in [3.8, 4) is 0 Å². The highest BCUT2D eigenvalue weighted by Crippen LogP contribution is 2.10. The second kappa shape index (κ2) is 4.70. The van der Waals surface area contributed by atoms with Crippen LogP contribution < -0.4 is 5.32 Å². The number of nitrogens with one attached hydrogen (secondary N) is 1. The number of pyridine rings is 1. The fourth-order valence-electron chi connectivity index (χ4n) is 1.35. The highest BCUT2D eigenvalue weighted by molar-refractivity contribution is 5.14. The predicted molar refractivity (Wildman–Crippen MR) is 56.0 cm³/mol. The van der Waals surface area contributed by atoms with Gasteiger partial charge in [-0.25, -0.2) is 4.98 Å². The molecule has 0 unspecified atom stereocenters. The SMILES string of the molecule is C[C@@H](NCc1cnco1)c1ccncc1. The first kappa shape index (κ1) is 9.86. The van der Waals surface area contributed by atoms with Crippen LogP contribution in [-0.4, -0.2) is 9.97 Å². The third kappa shape index (κ3) is 2.63. The van der Waals surface area contributed by atoms with Crippen molar-refractivity contribution in [1.82, 2.24) is 15.3 Å². The number of nitrogens with zero attached hydrogens (tertiary/aromatic N) is 2. The summed E-state index contributed by atoms with van der Waals surface area (Å²) in [5, 5.41) is 3.34. The lowest BCUT2D eigenvalue weighted by Gasteiger charge is -2.12. The molecule has 0 aliphatic carbocycles. The van der Waals surface area contributed by atoms with Gasteiger partial charge in [-0.05, 0) is 24.6 Å². The monoisotopic (exact) mass is 203 g/mol. The van der Waals surface area contributed by atoms with Crippen LogP contribution in [0.1, 0.15) is 24.3 Å². The molecule has 15 heavy (non-hydrogen) atoms. The molecular formula is C11H13N3O. The van der Waals surface area contributed by atoms with Crippen molar-refractivity contribution in [3.63, 3.8) is 0 Å². The van der Waals surface area contributed by atoms with Crippen LogP contribution in [0.4, 0.5) is 0 Å². The number of hydrogen-bond acceptors (Lipinski definition) is 4. The maximum Gasteiger partial charge on any atom is 0.180 e. The summed E-state index contributed by atoms with van der Waals surface area (Å²) < 4.78 is 5.13. The Morgan fingerprint density at radius 2 is 2.13 bits per heavy atom. The summed E-state index contributed by atoms with van der Waals surface area (Å²) >= 11 is 0. The number of rotatable bonds is 4. The average molecular weight is 203 g/mol. The molecular weight excluding hydrogens is 190 g/mol. The van der Waals surface area contributed by atoms with Crippen LogP contribution in [-0.2, 0) is 6.54 Å². The Morgan fingerprint density at radius 3 is 2.80 bits per heavy atom. The summed E-state index contributed by atoms with van der Waals surface area (Å²) in [5.41, 5.74) is 1.21. The molecule has 2 aromatic heterocycles. The zero-order valence-corrected chi connectivity index (χ0v) is 8.55. The summed E-state index contributed by atoms with van der Waals surface area (Å²) in [6, 6.07) is 4.27. The van der Waals surface area contributed by atoms with Crippen molar-refractivity contribution in [2.75, 3.05) is 0 Å². The molecule has 0 saturated carbocycles. The van der Waals surface area contributed by atoms with Gasteiger partial charge in [-0.15, -0.1) is 0 Å². The van der Waals surface area contributed by atoms with E-state index in [1.807, 2.05) is 12.1 Å². The largest absolute Gasteiger partial charge is 0.447 e. The average Bonchev–Trinajstić information content (AvgIpc) is 2.80. The highest BCUT2D eigenvalue weighted by Gasteiger charge is 2.04. The maximum atomic E-state index is 5.13. The number of aromatic nitrogens is 2. The Kier molecular flexibility index (Phi) is 3.09. The van der Waals surface area contributed by atoms with E-state index < -0.39 is 0 Å². The normalized spacial score (nSPS) is 12.6. The van der Waals surface area contributed by atoms with Gasteiger partial charge in [0.25, 0.3) is 0 Å². The molecule has 4 nitrogen and oxygen atoms in total. The Bertz CT molecular complexity index is 385. The molecule has 2 aromatic rings. The Labute approximate surface area is 88.4 Å². The van der Waals surface area contributed by atoms with E-state index in [-0.39, 0.29) is 6.04 Å². The minimum atomic E-state index is 0.276. The summed E-state index contributed by atoms with van der Waals surface area (Å²) in [7, 11) is 0. The predicted octanol–water partition coefficient (Wildman–Crippen LogP) is 1.92. The summed E-state index contributed by atoms with van der Waals surface area (Å²) in [6.07, 6.45) is 6.74. The Morgan fingerprint density at radius 1 is 1.33 bits per heavy atom. The minimum absolute atomic E-state index is 0.276. The van der Waals surface area contributed by atoms with Crippen LogP contribution in [0.15, 0.2) is 41.5 Å². The van der Waals surface area contributed by atoms with Gasteiger partial charge < -0.3 is 9.73 Å². The van der Waals surface area contributed by atoms with Gasteiger partial charge in [0.15, 0.2) is 6.39 Å². The molecule has 78 valence electrons. The van der Waals surface area contributed by atoms with E-state index in [4.69, 9.17) is 4.42 Å². The van der Waals surface area contributed by atoms with Gasteiger partial charge in [-0.2, -0.15) is 0 Å².